The number of ketones is 1. The summed E-state index contributed by atoms with van der Waals surface area (Å²) in [5.74, 6) is -0.356. The van der Waals surface area contributed by atoms with Gasteiger partial charge in [-0.15, -0.1) is 0 Å². The number of aliphatic imine (C=N–C) groups is 1. The van der Waals surface area contributed by atoms with Crippen LogP contribution in [0.5, 0.6) is 0 Å². The van der Waals surface area contributed by atoms with E-state index in [9.17, 15) is 4.79 Å². The molecule has 0 rings (SSSR count). The minimum Gasteiger partial charge on any atom is -0.405 e. The number of hydrogen-bond donors (Lipinski definition) is 2. The molecule has 0 radical (unpaired) electrons. The summed E-state index contributed by atoms with van der Waals surface area (Å²) in [4.78, 5) is 14.9. The fourth-order valence-corrected chi connectivity index (χ4v) is 0.704. The molecule has 4 nitrogen and oxygen atoms in total. The Labute approximate surface area is 83.0 Å². The van der Waals surface area contributed by atoms with E-state index in [0.29, 0.717) is 5.57 Å². The molecule has 0 heterocycles. The largest absolute Gasteiger partial charge is 0.405 e. The molecule has 0 spiro atoms. The van der Waals surface area contributed by atoms with Gasteiger partial charge in [0.1, 0.15) is 0 Å². The number of Topliss-reactive ketones (excluding diaryl/α,β-unsaturated/α-hetero) is 1. The lowest BCUT2D eigenvalue weighted by Crippen LogP contribution is -2.12. The zero-order valence-electron chi connectivity index (χ0n) is 7.81. The molecule has 0 saturated heterocycles. The van der Waals surface area contributed by atoms with Crippen LogP contribution in [0.1, 0.15) is 0 Å². The van der Waals surface area contributed by atoms with Crippen molar-refractivity contribution < 1.29 is 4.79 Å². The van der Waals surface area contributed by atoms with Crippen molar-refractivity contribution in [3.8, 4) is 0 Å². The highest BCUT2D eigenvalue weighted by Gasteiger charge is 2.07. The van der Waals surface area contributed by atoms with E-state index in [1.165, 1.54) is 30.6 Å². The SMILES string of the molecule is C=C/C(=C\N=C)C(=O)/C(N)=C/C=C\N. The molecular weight excluding hydrogens is 178 g/mol. The number of hydrogen-bond acceptors (Lipinski definition) is 4. The van der Waals surface area contributed by atoms with E-state index in [2.05, 4.69) is 18.3 Å². The second-order valence-corrected chi connectivity index (χ2v) is 2.31. The maximum Gasteiger partial charge on any atom is 0.210 e. The molecule has 0 unspecified atom stereocenters. The highest BCUT2D eigenvalue weighted by molar-refractivity contribution is 6.09. The van der Waals surface area contributed by atoms with E-state index in [-0.39, 0.29) is 11.5 Å². The first-order valence-electron chi connectivity index (χ1n) is 3.84. The van der Waals surface area contributed by atoms with Crippen molar-refractivity contribution in [2.45, 2.75) is 0 Å². The Balaban J connectivity index is 4.84. The van der Waals surface area contributed by atoms with Gasteiger partial charge in [0.25, 0.3) is 0 Å². The molecule has 4 heteroatoms. The lowest BCUT2D eigenvalue weighted by Gasteiger charge is -1.98. The van der Waals surface area contributed by atoms with Crippen molar-refractivity contribution in [1.82, 2.24) is 0 Å². The van der Waals surface area contributed by atoms with Crippen LogP contribution >= 0.6 is 0 Å². The highest BCUT2D eigenvalue weighted by atomic mass is 16.1. The molecule has 14 heavy (non-hydrogen) atoms. The zero-order chi connectivity index (χ0) is 11.0. The minimum absolute atomic E-state index is 0.0708. The lowest BCUT2D eigenvalue weighted by atomic mass is 10.1. The number of nitrogens with zero attached hydrogens (tertiary/aromatic N) is 1. The van der Waals surface area contributed by atoms with Crippen LogP contribution in [-0.4, -0.2) is 12.5 Å². The van der Waals surface area contributed by atoms with Gasteiger partial charge in [0.15, 0.2) is 0 Å². The van der Waals surface area contributed by atoms with Crippen LogP contribution in [-0.2, 0) is 4.79 Å². The Morgan fingerprint density at radius 2 is 2.07 bits per heavy atom. The molecular formula is C10H13N3O. The summed E-state index contributed by atoms with van der Waals surface area (Å²) in [6.45, 7) is 6.69. The van der Waals surface area contributed by atoms with Gasteiger partial charge >= 0.3 is 0 Å². The summed E-state index contributed by atoms with van der Waals surface area (Å²) < 4.78 is 0. The quantitative estimate of drug-likeness (QED) is 0.380. The molecule has 0 aromatic rings. The third-order valence-corrected chi connectivity index (χ3v) is 1.36. The summed E-state index contributed by atoms with van der Waals surface area (Å²) in [5.41, 5.74) is 10.9. The number of carbonyl (C=O) groups excluding carboxylic acids is 1. The van der Waals surface area contributed by atoms with E-state index in [4.69, 9.17) is 11.5 Å². The second kappa shape index (κ2) is 6.42. The van der Waals surface area contributed by atoms with Crippen molar-refractivity contribution in [1.29, 1.82) is 0 Å². The fraction of sp³-hybridized carbons (Fsp3) is 0. The third kappa shape index (κ3) is 3.53. The number of allylic oxidation sites excluding steroid dienone is 4. The van der Waals surface area contributed by atoms with Crippen LogP contribution < -0.4 is 11.5 Å². The van der Waals surface area contributed by atoms with E-state index < -0.39 is 0 Å². The Kier molecular flexibility index (Phi) is 5.46. The maximum absolute atomic E-state index is 11.5. The molecule has 0 aliphatic carbocycles. The first-order chi connectivity index (χ1) is 6.67. The molecule has 0 aliphatic rings. The van der Waals surface area contributed by atoms with Crippen LogP contribution in [0.2, 0.25) is 0 Å². The highest BCUT2D eigenvalue weighted by Crippen LogP contribution is 2.03. The van der Waals surface area contributed by atoms with E-state index in [1.54, 1.807) is 0 Å². The number of carbonyl (C=O) groups is 1. The molecule has 0 aromatic heterocycles. The van der Waals surface area contributed by atoms with Gasteiger partial charge in [-0.1, -0.05) is 12.7 Å². The van der Waals surface area contributed by atoms with Gasteiger partial charge in [0.05, 0.1) is 5.70 Å². The van der Waals surface area contributed by atoms with Gasteiger partial charge in [-0.25, -0.2) is 0 Å². The fourth-order valence-electron chi connectivity index (χ4n) is 0.704. The molecule has 0 fully saturated rings. The molecule has 0 atom stereocenters. The Bertz CT molecular complexity index is 324. The Morgan fingerprint density at radius 3 is 2.50 bits per heavy atom. The summed E-state index contributed by atoms with van der Waals surface area (Å²) in [5, 5.41) is 0. The average Bonchev–Trinajstić information content (AvgIpc) is 2.21. The van der Waals surface area contributed by atoms with Crippen molar-refractivity contribution in [2.24, 2.45) is 16.5 Å². The third-order valence-electron chi connectivity index (χ3n) is 1.36. The van der Waals surface area contributed by atoms with Gasteiger partial charge in [-0.3, -0.25) is 9.79 Å². The van der Waals surface area contributed by atoms with Crippen LogP contribution in [0.15, 0.2) is 53.5 Å². The molecule has 0 saturated carbocycles. The van der Waals surface area contributed by atoms with Gasteiger partial charge in [0.2, 0.25) is 5.78 Å². The Morgan fingerprint density at radius 1 is 1.43 bits per heavy atom. The average molecular weight is 191 g/mol. The van der Waals surface area contributed by atoms with Gasteiger partial charge in [-0.2, -0.15) is 0 Å². The second-order valence-electron chi connectivity index (χ2n) is 2.31. The standard InChI is InChI=1S/C10H13N3O/c1-3-8(7-13-2)10(14)9(12)5-4-6-11/h3-7H,1-2,11-12H2/b6-4-,8-7+,9-5-. The van der Waals surface area contributed by atoms with Crippen molar-refractivity contribution in [2.75, 3.05) is 0 Å². The smallest absolute Gasteiger partial charge is 0.210 e. The maximum atomic E-state index is 11.5. The number of nitrogens with two attached hydrogens (primary N) is 2. The summed E-state index contributed by atoms with van der Waals surface area (Å²) in [6, 6.07) is 0. The molecule has 74 valence electrons. The lowest BCUT2D eigenvalue weighted by molar-refractivity contribution is -0.112. The van der Waals surface area contributed by atoms with E-state index >= 15 is 0 Å². The molecule has 4 N–H and O–H groups in total. The first-order valence-corrected chi connectivity index (χ1v) is 3.84. The predicted octanol–water partition coefficient (Wildman–Crippen LogP) is 0.641. The van der Waals surface area contributed by atoms with Gasteiger partial charge in [-0.05, 0) is 25.1 Å². The van der Waals surface area contributed by atoms with Crippen LogP contribution in [0.3, 0.4) is 0 Å². The van der Waals surface area contributed by atoms with Gasteiger partial charge < -0.3 is 11.5 Å². The van der Waals surface area contributed by atoms with Crippen LogP contribution in [0.4, 0.5) is 0 Å². The minimum atomic E-state index is -0.356. The van der Waals surface area contributed by atoms with Crippen molar-refractivity contribution >= 4 is 12.5 Å². The van der Waals surface area contributed by atoms with Crippen LogP contribution in [0, 0.1) is 0 Å². The molecule has 0 aliphatic heterocycles. The monoisotopic (exact) mass is 191 g/mol. The van der Waals surface area contributed by atoms with Crippen molar-refractivity contribution in [3.63, 3.8) is 0 Å². The number of rotatable bonds is 5. The summed E-state index contributed by atoms with van der Waals surface area (Å²) >= 11 is 0. The summed E-state index contributed by atoms with van der Waals surface area (Å²) in [6.07, 6.45) is 6.81. The molecule has 0 amide bonds. The zero-order valence-corrected chi connectivity index (χ0v) is 7.81. The molecule has 0 aromatic carbocycles. The normalized spacial score (nSPS) is 12.9. The van der Waals surface area contributed by atoms with E-state index in [0.717, 1.165) is 0 Å². The Hall–Kier alpha value is -2.10. The first kappa shape index (κ1) is 11.9. The summed E-state index contributed by atoms with van der Waals surface area (Å²) in [7, 11) is 0. The molecule has 0 bridgehead atoms. The topological polar surface area (TPSA) is 81.5 Å². The van der Waals surface area contributed by atoms with Crippen molar-refractivity contribution in [3.05, 3.63) is 48.5 Å². The van der Waals surface area contributed by atoms with E-state index in [1.807, 2.05) is 0 Å². The predicted molar refractivity (Wildman–Crippen MR) is 58.4 cm³/mol. The van der Waals surface area contributed by atoms with Gasteiger partial charge in [0, 0.05) is 11.8 Å². The van der Waals surface area contributed by atoms with Crippen LogP contribution in [0.25, 0.3) is 0 Å².